The van der Waals surface area contributed by atoms with Crippen LogP contribution in [0.4, 0.5) is 0 Å². The molecular weight excluding hydrogens is 436 g/mol. The fourth-order valence-corrected chi connectivity index (χ4v) is 4.66. The van der Waals surface area contributed by atoms with Gasteiger partial charge in [0, 0.05) is 24.8 Å². The minimum Gasteiger partial charge on any atom is -0.490 e. The first-order valence-corrected chi connectivity index (χ1v) is 11.5. The number of hydrogen-bond donors (Lipinski definition) is 0. The summed E-state index contributed by atoms with van der Waals surface area (Å²) < 4.78 is 21.8. The highest BCUT2D eigenvalue weighted by Gasteiger charge is 2.27. The van der Waals surface area contributed by atoms with Gasteiger partial charge < -0.3 is 18.7 Å². The quantitative estimate of drug-likeness (QED) is 0.400. The van der Waals surface area contributed by atoms with Crippen LogP contribution in [-0.4, -0.2) is 42.2 Å². The number of carbonyl (C=O) groups is 2. The van der Waals surface area contributed by atoms with E-state index >= 15 is 0 Å². The highest BCUT2D eigenvalue weighted by molar-refractivity contribution is 5.99. The number of benzene rings is 2. The second-order valence-corrected chi connectivity index (χ2v) is 8.66. The van der Waals surface area contributed by atoms with E-state index in [1.54, 1.807) is 6.07 Å². The third-order valence-electron chi connectivity index (χ3n) is 6.43. The number of aryl methyl sites for hydroxylation is 1. The molecule has 2 aliphatic heterocycles. The number of ether oxygens (including phenoxy) is 3. The summed E-state index contributed by atoms with van der Waals surface area (Å²) in [5.74, 6) is -0.390. The van der Waals surface area contributed by atoms with Crippen molar-refractivity contribution in [1.29, 1.82) is 0 Å². The van der Waals surface area contributed by atoms with Crippen LogP contribution < -0.4 is 14.2 Å². The number of fused-ring (bicyclic) bond motifs is 4. The molecule has 1 fully saturated rings. The fraction of sp³-hybridized carbons (Fsp3) is 0.346. The van der Waals surface area contributed by atoms with Gasteiger partial charge in [-0.05, 0) is 50.3 Å². The minimum atomic E-state index is -0.708. The number of likely N-dealkylation sites (tertiary alicyclic amines) is 1. The van der Waals surface area contributed by atoms with Crippen LogP contribution in [0, 0.1) is 5.92 Å². The Labute approximate surface area is 197 Å². The van der Waals surface area contributed by atoms with Crippen molar-refractivity contribution in [2.45, 2.75) is 32.2 Å². The monoisotopic (exact) mass is 462 g/mol. The van der Waals surface area contributed by atoms with Crippen molar-refractivity contribution in [3.63, 3.8) is 0 Å². The second kappa shape index (κ2) is 9.69. The van der Waals surface area contributed by atoms with Crippen LogP contribution in [0.25, 0.3) is 11.0 Å². The van der Waals surface area contributed by atoms with Crippen molar-refractivity contribution < 1.29 is 28.3 Å². The van der Waals surface area contributed by atoms with Crippen molar-refractivity contribution >= 4 is 22.9 Å². The Morgan fingerprint density at radius 3 is 2.53 bits per heavy atom. The van der Waals surface area contributed by atoms with E-state index in [1.165, 1.54) is 12.7 Å². The van der Waals surface area contributed by atoms with E-state index in [2.05, 4.69) is 34.3 Å². The number of esters is 2. The average molecular weight is 463 g/mol. The predicted molar refractivity (Wildman–Crippen MR) is 124 cm³/mol. The molecule has 0 radical (unpaired) electrons. The van der Waals surface area contributed by atoms with E-state index in [0.29, 0.717) is 29.0 Å². The molecular formula is C26H26N2O6. The summed E-state index contributed by atoms with van der Waals surface area (Å²) in [5.41, 5.74) is 2.42. The molecule has 0 aliphatic carbocycles. The standard InChI is InChI=1S/C26H26N2O6/c1-31-25-21-15-20-24(26(25)33-23(30)10-9-22(29)32-21)19(27-34-20)8-7-17-11-13-28(14-12-17)16-18-5-3-2-4-6-18/h2-6,9-10,15,17H,7-8,11-14,16H2,1H3/b10-9-. The zero-order valence-electron chi connectivity index (χ0n) is 19.0. The highest BCUT2D eigenvalue weighted by atomic mass is 16.6. The number of aromatic nitrogens is 1. The molecule has 0 amide bonds. The van der Waals surface area contributed by atoms with Crippen molar-refractivity contribution in [3.05, 3.63) is 59.8 Å². The Kier molecular flexibility index (Phi) is 6.31. The van der Waals surface area contributed by atoms with Gasteiger partial charge in [-0.1, -0.05) is 35.5 Å². The number of carbonyl (C=O) groups excluding carboxylic acids is 2. The van der Waals surface area contributed by atoms with Gasteiger partial charge >= 0.3 is 11.9 Å². The Hall–Kier alpha value is -3.65. The summed E-state index contributed by atoms with van der Waals surface area (Å²) in [4.78, 5) is 26.7. The van der Waals surface area contributed by atoms with Gasteiger partial charge in [0.25, 0.3) is 0 Å². The largest absolute Gasteiger partial charge is 0.490 e. The lowest BCUT2D eigenvalue weighted by Crippen LogP contribution is -2.33. The number of hydrogen-bond acceptors (Lipinski definition) is 8. The topological polar surface area (TPSA) is 91.1 Å². The average Bonchev–Trinajstić information content (AvgIpc) is 3.26. The maximum atomic E-state index is 12.2. The van der Waals surface area contributed by atoms with Gasteiger partial charge in [-0.2, -0.15) is 0 Å². The van der Waals surface area contributed by atoms with E-state index in [1.807, 2.05) is 6.07 Å². The molecule has 0 atom stereocenters. The zero-order valence-corrected chi connectivity index (χ0v) is 19.0. The summed E-state index contributed by atoms with van der Waals surface area (Å²) in [6.45, 7) is 3.12. The van der Waals surface area contributed by atoms with Gasteiger partial charge in [0.15, 0.2) is 17.1 Å². The molecule has 2 bridgehead atoms. The van der Waals surface area contributed by atoms with E-state index in [0.717, 1.165) is 51.0 Å². The molecule has 2 aromatic carbocycles. The van der Waals surface area contributed by atoms with Crippen LogP contribution in [0.2, 0.25) is 0 Å². The van der Waals surface area contributed by atoms with E-state index in [4.69, 9.17) is 18.7 Å². The van der Waals surface area contributed by atoms with Crippen LogP contribution in [0.5, 0.6) is 17.2 Å². The molecule has 34 heavy (non-hydrogen) atoms. The molecule has 1 saturated heterocycles. The predicted octanol–water partition coefficient (Wildman–Crippen LogP) is 4.06. The summed E-state index contributed by atoms with van der Waals surface area (Å²) in [6, 6.07) is 12.1. The summed E-state index contributed by atoms with van der Waals surface area (Å²) in [6.07, 6.45) is 5.92. The van der Waals surface area contributed by atoms with Crippen LogP contribution in [0.3, 0.4) is 0 Å². The Balaban J connectivity index is 1.30. The van der Waals surface area contributed by atoms with Crippen LogP contribution >= 0.6 is 0 Å². The number of rotatable bonds is 6. The third kappa shape index (κ3) is 4.68. The number of nitrogens with zero attached hydrogens (tertiary/aromatic N) is 2. The lowest BCUT2D eigenvalue weighted by Gasteiger charge is -2.32. The first-order valence-electron chi connectivity index (χ1n) is 11.5. The van der Waals surface area contributed by atoms with E-state index < -0.39 is 11.9 Å². The maximum Gasteiger partial charge on any atom is 0.336 e. The number of piperidine rings is 1. The zero-order chi connectivity index (χ0) is 23.5. The smallest absolute Gasteiger partial charge is 0.336 e. The highest BCUT2D eigenvalue weighted by Crippen LogP contribution is 2.46. The van der Waals surface area contributed by atoms with Gasteiger partial charge in [-0.25, -0.2) is 9.59 Å². The molecule has 0 spiro atoms. The van der Waals surface area contributed by atoms with Crippen LogP contribution in [0.15, 0.2) is 53.1 Å². The summed E-state index contributed by atoms with van der Waals surface area (Å²) >= 11 is 0. The Morgan fingerprint density at radius 1 is 1.06 bits per heavy atom. The first kappa shape index (κ1) is 22.2. The molecule has 0 saturated carbocycles. The van der Waals surface area contributed by atoms with Crippen LogP contribution in [0.1, 0.15) is 30.5 Å². The van der Waals surface area contributed by atoms with Crippen LogP contribution in [-0.2, 0) is 22.6 Å². The molecule has 0 N–H and O–H groups in total. The van der Waals surface area contributed by atoms with Gasteiger partial charge in [-0.3, -0.25) is 4.90 Å². The third-order valence-corrected chi connectivity index (χ3v) is 6.43. The minimum absolute atomic E-state index is 0.114. The first-order chi connectivity index (χ1) is 16.6. The molecule has 8 nitrogen and oxygen atoms in total. The van der Waals surface area contributed by atoms with Gasteiger partial charge in [-0.15, -0.1) is 0 Å². The summed E-state index contributed by atoms with van der Waals surface area (Å²) in [7, 11) is 1.43. The Bertz CT molecular complexity index is 1230. The summed E-state index contributed by atoms with van der Waals surface area (Å²) in [5, 5.41) is 4.81. The fourth-order valence-electron chi connectivity index (χ4n) is 4.66. The van der Waals surface area contributed by atoms with Crippen molar-refractivity contribution in [2.75, 3.05) is 20.2 Å². The van der Waals surface area contributed by atoms with Gasteiger partial charge in [0.05, 0.1) is 18.2 Å². The van der Waals surface area contributed by atoms with Crippen molar-refractivity contribution in [2.24, 2.45) is 5.92 Å². The van der Waals surface area contributed by atoms with Gasteiger partial charge in [0.1, 0.15) is 0 Å². The Morgan fingerprint density at radius 2 is 1.79 bits per heavy atom. The molecule has 5 rings (SSSR count). The molecule has 176 valence electrons. The van der Waals surface area contributed by atoms with Gasteiger partial charge in [0.2, 0.25) is 5.75 Å². The second-order valence-electron chi connectivity index (χ2n) is 8.66. The molecule has 3 aromatic rings. The SMILES string of the molecule is COc1c2cc3onc(CCC4CCN(Cc5ccccc5)CC4)c3c1OC(=O)/C=C\C(=O)O2. The lowest BCUT2D eigenvalue weighted by atomic mass is 9.91. The van der Waals surface area contributed by atoms with Crippen molar-refractivity contribution in [3.8, 4) is 17.2 Å². The number of methoxy groups -OCH3 is 1. The van der Waals surface area contributed by atoms with Crippen molar-refractivity contribution in [1.82, 2.24) is 10.1 Å². The molecule has 8 heteroatoms. The van der Waals surface area contributed by atoms with E-state index in [-0.39, 0.29) is 17.2 Å². The molecule has 3 heterocycles. The maximum absolute atomic E-state index is 12.2. The molecule has 2 aliphatic rings. The van der Waals surface area contributed by atoms with E-state index in [9.17, 15) is 9.59 Å². The normalized spacial score (nSPS) is 18.0. The molecule has 0 unspecified atom stereocenters. The lowest BCUT2D eigenvalue weighted by molar-refractivity contribution is -0.131. The molecule has 1 aromatic heterocycles.